The fourth-order valence-electron chi connectivity index (χ4n) is 3.27. The molecular weight excluding hydrogens is 427 g/mol. The van der Waals surface area contributed by atoms with E-state index in [0.29, 0.717) is 18.5 Å². The predicted octanol–water partition coefficient (Wildman–Crippen LogP) is 1.10. The summed E-state index contributed by atoms with van der Waals surface area (Å²) in [5, 5.41) is 17.9. The standard InChI is InChI=1S/C14H22N6O3.HI/c1-15-13(18-5-2-14(10-18)3-7-23-11-14)16-4-6-19-9-12(8-17-19)20(21)22;/h8-9H,2-7,10-11H2,1H3,(H,15,16);1H. The van der Waals surface area contributed by atoms with Gasteiger partial charge in [0.15, 0.2) is 5.96 Å². The van der Waals surface area contributed by atoms with Crippen molar-refractivity contribution in [2.75, 3.05) is 39.9 Å². The maximum absolute atomic E-state index is 10.6. The molecule has 2 fully saturated rings. The number of rotatable bonds is 4. The quantitative estimate of drug-likeness (QED) is 0.243. The maximum atomic E-state index is 10.6. The highest BCUT2D eigenvalue weighted by Gasteiger charge is 2.42. The van der Waals surface area contributed by atoms with Crippen LogP contribution in [0.15, 0.2) is 17.4 Å². The molecule has 134 valence electrons. The predicted molar refractivity (Wildman–Crippen MR) is 99.7 cm³/mol. The molecule has 1 spiro atoms. The first-order chi connectivity index (χ1) is 11.1. The second-order valence-corrected chi connectivity index (χ2v) is 6.17. The molecule has 0 radical (unpaired) electrons. The van der Waals surface area contributed by atoms with Gasteiger partial charge in [-0.15, -0.1) is 24.0 Å². The molecule has 1 unspecified atom stereocenters. The highest BCUT2D eigenvalue weighted by Crippen LogP contribution is 2.38. The van der Waals surface area contributed by atoms with Crippen molar-refractivity contribution in [2.45, 2.75) is 19.4 Å². The molecule has 1 N–H and O–H groups in total. The van der Waals surface area contributed by atoms with Crippen LogP contribution in [0.5, 0.6) is 0 Å². The Labute approximate surface area is 157 Å². The number of ether oxygens (including phenoxy) is 1. The lowest BCUT2D eigenvalue weighted by molar-refractivity contribution is -0.385. The number of likely N-dealkylation sites (tertiary alicyclic amines) is 1. The molecule has 0 amide bonds. The van der Waals surface area contributed by atoms with Crippen molar-refractivity contribution in [3.63, 3.8) is 0 Å². The second kappa shape index (κ2) is 8.10. The van der Waals surface area contributed by atoms with Crippen LogP contribution >= 0.6 is 24.0 Å². The number of hydrogen-bond acceptors (Lipinski definition) is 5. The molecule has 9 nitrogen and oxygen atoms in total. The summed E-state index contributed by atoms with van der Waals surface area (Å²) in [6.07, 6.45) is 4.96. The zero-order chi connectivity index (χ0) is 16.3. The number of nitro groups is 1. The molecule has 0 aliphatic carbocycles. The Balaban J connectivity index is 0.00000208. The average Bonchev–Trinajstić information content (AvgIpc) is 3.26. The lowest BCUT2D eigenvalue weighted by atomic mass is 9.87. The van der Waals surface area contributed by atoms with Crippen molar-refractivity contribution in [3.05, 3.63) is 22.5 Å². The van der Waals surface area contributed by atoms with E-state index in [-0.39, 0.29) is 29.7 Å². The molecule has 10 heteroatoms. The molecule has 0 saturated carbocycles. The molecule has 2 aliphatic rings. The van der Waals surface area contributed by atoms with Crippen LogP contribution in [0.3, 0.4) is 0 Å². The minimum Gasteiger partial charge on any atom is -0.381 e. The third-order valence-electron chi connectivity index (χ3n) is 4.59. The number of halogens is 1. The zero-order valence-electron chi connectivity index (χ0n) is 13.7. The number of nitrogens with one attached hydrogen (secondary N) is 1. The van der Waals surface area contributed by atoms with Gasteiger partial charge in [0.1, 0.15) is 12.4 Å². The monoisotopic (exact) mass is 450 g/mol. The maximum Gasteiger partial charge on any atom is 0.306 e. The molecule has 3 heterocycles. The highest BCUT2D eigenvalue weighted by atomic mass is 127. The molecule has 0 aromatic carbocycles. The van der Waals surface area contributed by atoms with E-state index in [4.69, 9.17) is 4.74 Å². The molecule has 0 bridgehead atoms. The summed E-state index contributed by atoms with van der Waals surface area (Å²) in [4.78, 5) is 16.8. The Morgan fingerprint density at radius 3 is 3.04 bits per heavy atom. The van der Waals surface area contributed by atoms with Crippen molar-refractivity contribution in [2.24, 2.45) is 10.4 Å². The van der Waals surface area contributed by atoms with Gasteiger partial charge >= 0.3 is 5.69 Å². The highest BCUT2D eigenvalue weighted by molar-refractivity contribution is 14.0. The van der Waals surface area contributed by atoms with E-state index in [1.54, 1.807) is 11.7 Å². The van der Waals surface area contributed by atoms with Gasteiger partial charge in [0.2, 0.25) is 0 Å². The number of guanidine groups is 1. The number of aliphatic imine (C=N–C) groups is 1. The van der Waals surface area contributed by atoms with Crippen molar-refractivity contribution in [1.29, 1.82) is 0 Å². The van der Waals surface area contributed by atoms with Gasteiger partial charge in [0, 0.05) is 38.7 Å². The lowest BCUT2D eigenvalue weighted by Gasteiger charge is -2.24. The minimum absolute atomic E-state index is 0. The van der Waals surface area contributed by atoms with Gasteiger partial charge in [-0.25, -0.2) is 0 Å². The topological polar surface area (TPSA) is 97.8 Å². The summed E-state index contributed by atoms with van der Waals surface area (Å²) >= 11 is 0. The van der Waals surface area contributed by atoms with E-state index in [9.17, 15) is 10.1 Å². The third-order valence-corrected chi connectivity index (χ3v) is 4.59. The van der Waals surface area contributed by atoms with Crippen molar-refractivity contribution < 1.29 is 9.66 Å². The normalized spacial score (nSPS) is 23.5. The molecule has 2 aliphatic heterocycles. The zero-order valence-corrected chi connectivity index (χ0v) is 16.0. The van der Waals surface area contributed by atoms with Crippen LogP contribution in [0.2, 0.25) is 0 Å². The number of nitrogens with zero attached hydrogens (tertiary/aromatic N) is 5. The Morgan fingerprint density at radius 2 is 2.42 bits per heavy atom. The average molecular weight is 450 g/mol. The Bertz CT molecular complexity index is 599. The van der Waals surface area contributed by atoms with E-state index >= 15 is 0 Å². The SMILES string of the molecule is CN=C(NCCn1cc([N+](=O)[O-])cn1)N1CCC2(CCOC2)C1.I. The molecule has 24 heavy (non-hydrogen) atoms. The van der Waals surface area contributed by atoms with Crippen LogP contribution in [0.1, 0.15) is 12.8 Å². The van der Waals surface area contributed by atoms with Gasteiger partial charge in [-0.1, -0.05) is 0 Å². The molecule has 1 atom stereocenters. The summed E-state index contributed by atoms with van der Waals surface area (Å²) in [5.74, 6) is 0.871. The van der Waals surface area contributed by atoms with E-state index in [1.165, 1.54) is 12.4 Å². The Morgan fingerprint density at radius 1 is 1.58 bits per heavy atom. The van der Waals surface area contributed by atoms with Crippen LogP contribution in [-0.4, -0.2) is 65.5 Å². The van der Waals surface area contributed by atoms with Gasteiger partial charge < -0.3 is 15.0 Å². The van der Waals surface area contributed by atoms with Gasteiger partial charge in [-0.05, 0) is 12.8 Å². The van der Waals surface area contributed by atoms with Crippen LogP contribution in [0.4, 0.5) is 5.69 Å². The van der Waals surface area contributed by atoms with Gasteiger partial charge in [0.05, 0.1) is 18.1 Å². The summed E-state index contributed by atoms with van der Waals surface area (Å²) in [5.41, 5.74) is 0.303. The van der Waals surface area contributed by atoms with E-state index in [0.717, 1.165) is 45.1 Å². The Hall–Kier alpha value is -1.43. The summed E-state index contributed by atoms with van der Waals surface area (Å²) < 4.78 is 7.12. The molecule has 2 saturated heterocycles. The molecule has 3 rings (SSSR count). The van der Waals surface area contributed by atoms with Crippen LogP contribution in [0, 0.1) is 15.5 Å². The number of aromatic nitrogens is 2. The largest absolute Gasteiger partial charge is 0.381 e. The Kier molecular flexibility index (Phi) is 6.38. The first-order valence-electron chi connectivity index (χ1n) is 7.82. The minimum atomic E-state index is -0.441. The number of hydrogen-bond donors (Lipinski definition) is 1. The first kappa shape index (κ1) is 18.9. The van der Waals surface area contributed by atoms with Gasteiger partial charge in [0.25, 0.3) is 0 Å². The smallest absolute Gasteiger partial charge is 0.306 e. The third kappa shape index (κ3) is 4.15. The summed E-state index contributed by atoms with van der Waals surface area (Å²) in [6.45, 7) is 4.83. The van der Waals surface area contributed by atoms with Crippen LogP contribution < -0.4 is 5.32 Å². The van der Waals surface area contributed by atoms with Gasteiger partial charge in [-0.3, -0.25) is 19.8 Å². The first-order valence-corrected chi connectivity index (χ1v) is 7.82. The van der Waals surface area contributed by atoms with Crippen molar-refractivity contribution >= 4 is 35.6 Å². The van der Waals surface area contributed by atoms with E-state index < -0.39 is 4.92 Å². The fraction of sp³-hybridized carbons (Fsp3) is 0.714. The summed E-state index contributed by atoms with van der Waals surface area (Å²) in [6, 6.07) is 0. The lowest BCUT2D eigenvalue weighted by Crippen LogP contribution is -2.42. The van der Waals surface area contributed by atoms with E-state index in [1.807, 2.05) is 0 Å². The van der Waals surface area contributed by atoms with Gasteiger partial charge in [-0.2, -0.15) is 5.10 Å². The van der Waals surface area contributed by atoms with Crippen LogP contribution in [-0.2, 0) is 11.3 Å². The molecule has 1 aromatic heterocycles. The second-order valence-electron chi connectivity index (χ2n) is 6.17. The fourth-order valence-corrected chi connectivity index (χ4v) is 3.27. The summed E-state index contributed by atoms with van der Waals surface area (Å²) in [7, 11) is 1.78. The van der Waals surface area contributed by atoms with Crippen molar-refractivity contribution in [1.82, 2.24) is 20.0 Å². The van der Waals surface area contributed by atoms with Crippen LogP contribution in [0.25, 0.3) is 0 Å². The molecule has 1 aromatic rings. The molecular formula is C14H23IN6O3. The van der Waals surface area contributed by atoms with Crippen molar-refractivity contribution in [3.8, 4) is 0 Å². The van der Waals surface area contributed by atoms with E-state index in [2.05, 4.69) is 20.3 Å².